The highest BCUT2D eigenvalue weighted by Crippen LogP contribution is 2.06. The summed E-state index contributed by atoms with van der Waals surface area (Å²) in [5, 5.41) is 13.1. The molecule has 0 spiro atoms. The maximum atomic E-state index is 9.99. The van der Waals surface area contributed by atoms with Crippen molar-refractivity contribution < 1.29 is 14.4 Å². The lowest BCUT2D eigenvalue weighted by Gasteiger charge is -1.93. The molecule has 0 aromatic carbocycles. The standard InChI is InChI=1S/C4H4N2O3/c5-3-2(4(7)8)1-6-9-3/h1H,5H2,(H,7,8)/p-1. The first kappa shape index (κ1) is 5.61. The fourth-order valence-electron chi connectivity index (χ4n) is 0.402. The largest absolute Gasteiger partial charge is 0.545 e. The molecule has 48 valence electrons. The number of aromatic nitrogens is 1. The molecule has 1 aromatic rings. The van der Waals surface area contributed by atoms with Gasteiger partial charge in [-0.15, -0.1) is 0 Å². The Morgan fingerprint density at radius 2 is 2.56 bits per heavy atom. The fraction of sp³-hybridized carbons (Fsp3) is 0. The van der Waals surface area contributed by atoms with Crippen molar-refractivity contribution in [2.24, 2.45) is 0 Å². The molecule has 1 heterocycles. The van der Waals surface area contributed by atoms with Gasteiger partial charge in [-0.05, 0) is 0 Å². The van der Waals surface area contributed by atoms with Crippen molar-refractivity contribution in [1.29, 1.82) is 0 Å². The Kier molecular flexibility index (Phi) is 1.11. The Balaban J connectivity index is 3.08. The molecule has 0 unspecified atom stereocenters. The number of hydrogen-bond acceptors (Lipinski definition) is 5. The van der Waals surface area contributed by atoms with Gasteiger partial charge in [0.15, 0.2) is 0 Å². The van der Waals surface area contributed by atoms with Crippen LogP contribution in [0, 0.1) is 0 Å². The van der Waals surface area contributed by atoms with E-state index >= 15 is 0 Å². The quantitative estimate of drug-likeness (QED) is 0.501. The Hall–Kier alpha value is -1.52. The molecule has 0 atom stereocenters. The lowest BCUT2D eigenvalue weighted by molar-refractivity contribution is -0.254. The minimum atomic E-state index is -1.38. The number of carboxylic acid groups (broad SMARTS) is 1. The molecule has 5 nitrogen and oxygen atoms in total. The number of nitrogen functional groups attached to an aromatic ring is 1. The van der Waals surface area contributed by atoms with Gasteiger partial charge in [-0.1, -0.05) is 5.16 Å². The van der Waals surface area contributed by atoms with E-state index in [4.69, 9.17) is 5.73 Å². The predicted molar refractivity (Wildman–Crippen MR) is 25.2 cm³/mol. The third-order valence-electron chi connectivity index (χ3n) is 0.818. The maximum Gasteiger partial charge on any atom is 0.231 e. The Morgan fingerprint density at radius 1 is 1.89 bits per heavy atom. The highest BCUT2D eigenvalue weighted by Gasteiger charge is 2.02. The van der Waals surface area contributed by atoms with E-state index in [1.54, 1.807) is 0 Å². The van der Waals surface area contributed by atoms with Crippen LogP contribution in [-0.4, -0.2) is 11.1 Å². The number of hydrogen-bond donors (Lipinski definition) is 1. The molecule has 0 aliphatic heterocycles. The van der Waals surface area contributed by atoms with Crippen LogP contribution in [0.15, 0.2) is 10.7 Å². The first-order valence-corrected chi connectivity index (χ1v) is 2.13. The van der Waals surface area contributed by atoms with E-state index < -0.39 is 5.97 Å². The first-order chi connectivity index (χ1) is 4.22. The number of nitrogens with zero attached hydrogens (tertiary/aromatic N) is 1. The van der Waals surface area contributed by atoms with Gasteiger partial charge in [0.1, 0.15) is 0 Å². The molecular formula is C4H3N2O3-. The van der Waals surface area contributed by atoms with Gasteiger partial charge < -0.3 is 20.2 Å². The van der Waals surface area contributed by atoms with E-state index in [-0.39, 0.29) is 11.4 Å². The van der Waals surface area contributed by atoms with E-state index in [9.17, 15) is 9.90 Å². The lowest BCUT2D eigenvalue weighted by atomic mass is 10.3. The van der Waals surface area contributed by atoms with Crippen molar-refractivity contribution in [2.45, 2.75) is 0 Å². The highest BCUT2D eigenvalue weighted by atomic mass is 16.5. The van der Waals surface area contributed by atoms with Crippen LogP contribution in [0.2, 0.25) is 0 Å². The number of carbonyl (C=O) groups is 1. The normalized spacial score (nSPS) is 9.33. The monoisotopic (exact) mass is 127 g/mol. The number of carboxylic acids is 1. The maximum absolute atomic E-state index is 9.99. The van der Waals surface area contributed by atoms with E-state index in [0.29, 0.717) is 0 Å². The topological polar surface area (TPSA) is 92.2 Å². The Morgan fingerprint density at radius 3 is 2.78 bits per heavy atom. The van der Waals surface area contributed by atoms with Crippen LogP contribution in [-0.2, 0) is 0 Å². The van der Waals surface area contributed by atoms with Crippen LogP contribution in [0.1, 0.15) is 10.4 Å². The number of carbonyl (C=O) groups excluding carboxylic acids is 1. The van der Waals surface area contributed by atoms with Gasteiger partial charge in [-0.25, -0.2) is 0 Å². The molecule has 0 fully saturated rings. The van der Waals surface area contributed by atoms with Gasteiger partial charge in [0.05, 0.1) is 17.7 Å². The number of rotatable bonds is 1. The van der Waals surface area contributed by atoms with Crippen molar-refractivity contribution >= 4 is 11.9 Å². The van der Waals surface area contributed by atoms with Gasteiger partial charge in [0, 0.05) is 0 Å². The smallest absolute Gasteiger partial charge is 0.231 e. The number of aromatic carboxylic acids is 1. The zero-order valence-corrected chi connectivity index (χ0v) is 4.33. The van der Waals surface area contributed by atoms with Crippen molar-refractivity contribution in [3.05, 3.63) is 11.8 Å². The molecule has 0 bridgehead atoms. The number of anilines is 1. The Bertz CT molecular complexity index is 229. The summed E-state index contributed by atoms with van der Waals surface area (Å²) in [5.41, 5.74) is 4.78. The summed E-state index contributed by atoms with van der Waals surface area (Å²) < 4.78 is 4.23. The molecule has 0 amide bonds. The van der Waals surface area contributed by atoms with E-state index in [1.165, 1.54) is 0 Å². The zero-order valence-electron chi connectivity index (χ0n) is 4.33. The van der Waals surface area contributed by atoms with E-state index in [2.05, 4.69) is 9.68 Å². The van der Waals surface area contributed by atoms with Crippen LogP contribution in [0.3, 0.4) is 0 Å². The molecule has 0 saturated heterocycles. The minimum absolute atomic E-state index is 0.213. The first-order valence-electron chi connectivity index (χ1n) is 2.13. The van der Waals surface area contributed by atoms with Gasteiger partial charge >= 0.3 is 0 Å². The second-order valence-electron chi connectivity index (χ2n) is 1.39. The van der Waals surface area contributed by atoms with Crippen molar-refractivity contribution in [2.75, 3.05) is 5.73 Å². The van der Waals surface area contributed by atoms with Crippen LogP contribution < -0.4 is 10.8 Å². The third-order valence-corrected chi connectivity index (χ3v) is 0.818. The van der Waals surface area contributed by atoms with Gasteiger partial charge in [-0.3, -0.25) is 0 Å². The molecule has 2 N–H and O–H groups in total. The molecule has 0 aliphatic carbocycles. The van der Waals surface area contributed by atoms with Crippen LogP contribution >= 0.6 is 0 Å². The average molecular weight is 127 g/mol. The van der Waals surface area contributed by atoms with Crippen LogP contribution in [0.5, 0.6) is 0 Å². The average Bonchev–Trinajstić information content (AvgIpc) is 2.13. The molecule has 0 saturated carbocycles. The van der Waals surface area contributed by atoms with Gasteiger partial charge in [-0.2, -0.15) is 0 Å². The van der Waals surface area contributed by atoms with Gasteiger partial charge in [0.25, 0.3) is 0 Å². The second-order valence-corrected chi connectivity index (χ2v) is 1.39. The second kappa shape index (κ2) is 1.77. The third kappa shape index (κ3) is 0.835. The van der Waals surface area contributed by atoms with Crippen molar-refractivity contribution in [3.8, 4) is 0 Å². The molecule has 0 radical (unpaired) electrons. The van der Waals surface area contributed by atoms with E-state index in [1.807, 2.05) is 0 Å². The molecule has 9 heavy (non-hydrogen) atoms. The summed E-state index contributed by atoms with van der Waals surface area (Å²) in [6.07, 6.45) is 0.991. The molecule has 0 aliphatic rings. The summed E-state index contributed by atoms with van der Waals surface area (Å²) in [6, 6.07) is 0. The number of nitrogens with two attached hydrogens (primary N) is 1. The highest BCUT2D eigenvalue weighted by molar-refractivity contribution is 5.89. The van der Waals surface area contributed by atoms with Crippen molar-refractivity contribution in [1.82, 2.24) is 5.16 Å². The predicted octanol–water partition coefficient (Wildman–Crippen LogP) is -1.38. The summed E-state index contributed by atoms with van der Waals surface area (Å²) in [6.45, 7) is 0. The summed E-state index contributed by atoms with van der Waals surface area (Å²) in [5.74, 6) is -1.61. The van der Waals surface area contributed by atoms with Crippen molar-refractivity contribution in [3.63, 3.8) is 0 Å². The lowest BCUT2D eigenvalue weighted by Crippen LogP contribution is -2.22. The van der Waals surface area contributed by atoms with E-state index in [0.717, 1.165) is 6.20 Å². The SMILES string of the molecule is Nc1oncc1C(=O)[O-]. The van der Waals surface area contributed by atoms with Gasteiger partial charge in [0.2, 0.25) is 5.88 Å². The minimum Gasteiger partial charge on any atom is -0.545 e. The van der Waals surface area contributed by atoms with Crippen LogP contribution in [0.25, 0.3) is 0 Å². The molecule has 1 rings (SSSR count). The van der Waals surface area contributed by atoms with Crippen LogP contribution in [0.4, 0.5) is 5.88 Å². The molecule has 5 heteroatoms. The zero-order chi connectivity index (χ0) is 6.85. The summed E-state index contributed by atoms with van der Waals surface area (Å²) >= 11 is 0. The fourth-order valence-corrected chi connectivity index (χ4v) is 0.402. The summed E-state index contributed by atoms with van der Waals surface area (Å²) in [4.78, 5) is 9.99. The summed E-state index contributed by atoms with van der Waals surface area (Å²) in [7, 11) is 0. The Labute approximate surface area is 50.1 Å². The molecule has 1 aromatic heterocycles. The molecular weight excluding hydrogens is 124 g/mol.